The van der Waals surface area contributed by atoms with Gasteiger partial charge in [-0.15, -0.1) is 0 Å². The molecule has 6 nitrogen and oxygen atoms in total. The van der Waals surface area contributed by atoms with Crippen LogP contribution in [0.1, 0.15) is 15.9 Å². The Morgan fingerprint density at radius 3 is 1.23 bits per heavy atom. The van der Waals surface area contributed by atoms with Crippen molar-refractivity contribution >= 4 is 11.9 Å². The molecule has 0 spiro atoms. The summed E-state index contributed by atoms with van der Waals surface area (Å²) in [6, 6.07) is 28.9. The molecule has 158 valence electrons. The van der Waals surface area contributed by atoms with Gasteiger partial charge in [0.1, 0.15) is 0 Å². The fraction of sp³-hybridized carbons (Fsp3) is 0.0400. The molecule has 2 aromatic carbocycles. The minimum Gasteiger partial charge on any atom is -0.481 e. The number of aromatic carboxylic acids is 1. The molecule has 31 heavy (non-hydrogen) atoms. The summed E-state index contributed by atoms with van der Waals surface area (Å²) < 4.78 is 0. The number of pyridine rings is 2. The number of carboxylic acid groups (broad SMARTS) is 2. The Hall–Kier alpha value is -4.32. The molecule has 2 N–H and O–H groups in total. The molecule has 6 heteroatoms. The normalized spacial score (nSPS) is 8.65. The second-order valence-electron chi connectivity index (χ2n) is 5.78. The summed E-state index contributed by atoms with van der Waals surface area (Å²) in [6.07, 6.45) is 7.11. The van der Waals surface area contributed by atoms with Crippen LogP contribution in [0.2, 0.25) is 0 Å². The maximum absolute atomic E-state index is 10.2. The standard InChI is InChI=1S/C8H8O2.C7H6O2.2C5H5N/c9-8(10)6-7-4-2-1-3-5-7;8-7(9)6-4-2-1-3-5-6;2*1-2-4-6-5-3-1/h1-5H,6H2,(H,9,10);1-5H,(H,8,9);2*1-5H. The van der Waals surface area contributed by atoms with E-state index in [1.54, 1.807) is 67.3 Å². The molecule has 4 aromatic rings. The molecule has 0 radical (unpaired) electrons. The van der Waals surface area contributed by atoms with E-state index in [-0.39, 0.29) is 6.42 Å². The number of nitrogens with zero attached hydrogens (tertiary/aromatic N) is 2. The molecule has 0 aliphatic heterocycles. The molecule has 0 bridgehead atoms. The fourth-order valence-corrected chi connectivity index (χ4v) is 1.98. The van der Waals surface area contributed by atoms with Gasteiger partial charge in [-0.05, 0) is 42.0 Å². The third-order valence-corrected chi connectivity index (χ3v) is 3.35. The quantitative estimate of drug-likeness (QED) is 0.495. The van der Waals surface area contributed by atoms with Crippen molar-refractivity contribution < 1.29 is 19.8 Å². The summed E-state index contributed by atoms with van der Waals surface area (Å²) in [4.78, 5) is 27.9. The lowest BCUT2D eigenvalue weighted by molar-refractivity contribution is -0.136. The van der Waals surface area contributed by atoms with E-state index in [2.05, 4.69) is 9.97 Å². The number of aliphatic carboxylic acids is 1. The summed E-state index contributed by atoms with van der Waals surface area (Å²) >= 11 is 0. The zero-order chi connectivity index (χ0) is 22.6. The molecule has 0 amide bonds. The summed E-state index contributed by atoms with van der Waals surface area (Å²) in [6.45, 7) is 0. The van der Waals surface area contributed by atoms with Gasteiger partial charge in [0, 0.05) is 24.8 Å². The van der Waals surface area contributed by atoms with Crippen molar-refractivity contribution in [3.05, 3.63) is 133 Å². The van der Waals surface area contributed by atoms with Gasteiger partial charge in [0.15, 0.2) is 0 Å². The number of carboxylic acids is 2. The van der Waals surface area contributed by atoms with Crippen molar-refractivity contribution in [2.24, 2.45) is 0 Å². The number of carbonyl (C=O) groups is 2. The Bertz CT molecular complexity index is 867. The molecule has 0 saturated heterocycles. The molecular formula is C25H24N2O4. The topological polar surface area (TPSA) is 100 Å². The Kier molecular flexibility index (Phi) is 13.3. The zero-order valence-corrected chi connectivity index (χ0v) is 16.9. The Morgan fingerprint density at radius 1 is 0.581 bits per heavy atom. The molecule has 2 aromatic heterocycles. The first-order valence-corrected chi connectivity index (χ1v) is 9.33. The lowest BCUT2D eigenvalue weighted by Gasteiger charge is -1.92. The summed E-state index contributed by atoms with van der Waals surface area (Å²) in [5.41, 5.74) is 1.17. The first-order valence-electron chi connectivity index (χ1n) is 9.33. The molecule has 0 aliphatic rings. The number of rotatable bonds is 3. The molecule has 0 unspecified atom stereocenters. The van der Waals surface area contributed by atoms with Gasteiger partial charge in [0.2, 0.25) is 0 Å². The smallest absolute Gasteiger partial charge is 0.335 e. The van der Waals surface area contributed by atoms with Gasteiger partial charge in [-0.1, -0.05) is 60.7 Å². The Labute approximate surface area is 181 Å². The van der Waals surface area contributed by atoms with E-state index >= 15 is 0 Å². The van der Waals surface area contributed by atoms with E-state index in [1.807, 2.05) is 54.6 Å². The lowest BCUT2D eigenvalue weighted by atomic mass is 10.2. The van der Waals surface area contributed by atoms with Crippen LogP contribution in [0.25, 0.3) is 0 Å². The number of hydrogen-bond donors (Lipinski definition) is 2. The van der Waals surface area contributed by atoms with E-state index in [1.165, 1.54) is 0 Å². The summed E-state index contributed by atoms with van der Waals surface area (Å²) in [5.74, 6) is -1.66. The third kappa shape index (κ3) is 14.3. The number of aromatic nitrogens is 2. The van der Waals surface area contributed by atoms with Gasteiger partial charge < -0.3 is 10.2 Å². The highest BCUT2D eigenvalue weighted by Crippen LogP contribution is 1.98. The van der Waals surface area contributed by atoms with Crippen molar-refractivity contribution in [1.29, 1.82) is 0 Å². The van der Waals surface area contributed by atoms with Crippen molar-refractivity contribution in [3.63, 3.8) is 0 Å². The lowest BCUT2D eigenvalue weighted by Crippen LogP contribution is -1.98. The van der Waals surface area contributed by atoms with Crippen LogP contribution in [-0.2, 0) is 11.2 Å². The highest BCUT2D eigenvalue weighted by atomic mass is 16.4. The van der Waals surface area contributed by atoms with Crippen LogP contribution >= 0.6 is 0 Å². The average Bonchev–Trinajstić information content (AvgIpc) is 2.83. The fourth-order valence-electron chi connectivity index (χ4n) is 1.98. The van der Waals surface area contributed by atoms with Crippen molar-refractivity contribution in [1.82, 2.24) is 9.97 Å². The molecule has 0 saturated carbocycles. The van der Waals surface area contributed by atoms with Crippen LogP contribution in [0.3, 0.4) is 0 Å². The van der Waals surface area contributed by atoms with E-state index in [0.29, 0.717) is 5.56 Å². The van der Waals surface area contributed by atoms with Crippen LogP contribution in [-0.4, -0.2) is 32.1 Å². The predicted octanol–water partition coefficient (Wildman–Crippen LogP) is 4.86. The van der Waals surface area contributed by atoms with E-state index in [9.17, 15) is 9.59 Å². The Balaban J connectivity index is 0.000000212. The SMILES string of the molecule is O=C(O)Cc1ccccc1.O=C(O)c1ccccc1.c1ccncc1.c1ccncc1. The largest absolute Gasteiger partial charge is 0.481 e. The molecule has 2 heterocycles. The van der Waals surface area contributed by atoms with Crippen molar-refractivity contribution in [3.8, 4) is 0 Å². The summed E-state index contributed by atoms with van der Waals surface area (Å²) in [7, 11) is 0. The van der Waals surface area contributed by atoms with Gasteiger partial charge in [0.25, 0.3) is 0 Å². The highest BCUT2D eigenvalue weighted by Gasteiger charge is 1.97. The number of hydrogen-bond acceptors (Lipinski definition) is 4. The first-order chi connectivity index (χ1) is 15.1. The minimum absolute atomic E-state index is 0.112. The molecule has 0 aliphatic carbocycles. The average molecular weight is 416 g/mol. The van der Waals surface area contributed by atoms with Gasteiger partial charge in [-0.25, -0.2) is 4.79 Å². The predicted molar refractivity (Wildman–Crippen MR) is 120 cm³/mol. The van der Waals surface area contributed by atoms with E-state index in [4.69, 9.17) is 10.2 Å². The van der Waals surface area contributed by atoms with Crippen molar-refractivity contribution in [2.75, 3.05) is 0 Å². The third-order valence-electron chi connectivity index (χ3n) is 3.35. The van der Waals surface area contributed by atoms with Gasteiger partial charge >= 0.3 is 11.9 Å². The maximum atomic E-state index is 10.2. The maximum Gasteiger partial charge on any atom is 0.335 e. The van der Waals surface area contributed by atoms with Crippen LogP contribution in [0.4, 0.5) is 0 Å². The second kappa shape index (κ2) is 16.6. The first kappa shape index (κ1) is 24.7. The zero-order valence-electron chi connectivity index (χ0n) is 16.9. The molecule has 0 atom stereocenters. The van der Waals surface area contributed by atoms with Crippen LogP contribution in [0.5, 0.6) is 0 Å². The monoisotopic (exact) mass is 416 g/mol. The van der Waals surface area contributed by atoms with Crippen LogP contribution in [0, 0.1) is 0 Å². The van der Waals surface area contributed by atoms with Crippen molar-refractivity contribution in [2.45, 2.75) is 6.42 Å². The van der Waals surface area contributed by atoms with E-state index < -0.39 is 11.9 Å². The van der Waals surface area contributed by atoms with Crippen LogP contribution < -0.4 is 0 Å². The molecule has 0 fully saturated rings. The number of benzene rings is 2. The van der Waals surface area contributed by atoms with E-state index in [0.717, 1.165) is 5.56 Å². The van der Waals surface area contributed by atoms with Gasteiger partial charge in [-0.2, -0.15) is 0 Å². The second-order valence-corrected chi connectivity index (χ2v) is 5.78. The van der Waals surface area contributed by atoms with Crippen LogP contribution in [0.15, 0.2) is 122 Å². The Morgan fingerprint density at radius 2 is 0.968 bits per heavy atom. The summed E-state index contributed by atoms with van der Waals surface area (Å²) in [5, 5.41) is 16.8. The minimum atomic E-state index is -0.879. The highest BCUT2D eigenvalue weighted by molar-refractivity contribution is 5.87. The van der Waals surface area contributed by atoms with Gasteiger partial charge in [-0.3, -0.25) is 14.8 Å². The molecule has 4 rings (SSSR count). The van der Waals surface area contributed by atoms with Gasteiger partial charge in [0.05, 0.1) is 12.0 Å². The molecular weight excluding hydrogens is 392 g/mol.